The summed E-state index contributed by atoms with van der Waals surface area (Å²) >= 11 is 0. The number of piperazine rings is 1. The third-order valence-corrected chi connectivity index (χ3v) is 6.90. The molecule has 3 heterocycles. The summed E-state index contributed by atoms with van der Waals surface area (Å²) in [6.45, 7) is 1.34. The van der Waals surface area contributed by atoms with Crippen molar-refractivity contribution in [2.45, 2.75) is 11.4 Å². The van der Waals surface area contributed by atoms with E-state index in [0.717, 1.165) is 10.4 Å². The summed E-state index contributed by atoms with van der Waals surface area (Å²) in [7, 11) is -2.55. The minimum absolute atomic E-state index is 0.0280. The van der Waals surface area contributed by atoms with Gasteiger partial charge in [0, 0.05) is 38.4 Å². The fourth-order valence-electron chi connectivity index (χ4n) is 3.40. The summed E-state index contributed by atoms with van der Waals surface area (Å²) < 4.78 is 38.4. The van der Waals surface area contributed by atoms with E-state index in [1.165, 1.54) is 29.6 Å². The van der Waals surface area contributed by atoms with Crippen molar-refractivity contribution in [1.29, 1.82) is 0 Å². The average molecular weight is 432 g/mol. The van der Waals surface area contributed by atoms with Crippen LogP contribution < -0.4 is 10.7 Å². The Morgan fingerprint density at radius 3 is 2.60 bits per heavy atom. The van der Waals surface area contributed by atoms with E-state index in [2.05, 4.69) is 9.72 Å². The number of oxazole rings is 1. The number of rotatable bonds is 5. The topological polar surface area (TPSA) is 115 Å². The number of carbonyl (C=O) groups is 1. The summed E-state index contributed by atoms with van der Waals surface area (Å²) in [6, 6.07) is 9.79. The van der Waals surface area contributed by atoms with Crippen LogP contribution in [0.25, 0.3) is 11.1 Å². The molecule has 0 N–H and O–H groups in total. The quantitative estimate of drug-likeness (QED) is 0.541. The molecule has 11 heteroatoms. The molecule has 0 atom stereocenters. The predicted octanol–water partition coefficient (Wildman–Crippen LogP) is 0.673. The summed E-state index contributed by atoms with van der Waals surface area (Å²) in [5.41, 5.74) is 0.418. The number of aromatic nitrogens is 2. The number of nitrogens with zero attached hydrogens (tertiary/aromatic N) is 4. The fourth-order valence-corrected chi connectivity index (χ4v) is 4.84. The first-order valence-corrected chi connectivity index (χ1v) is 10.7. The molecule has 0 radical (unpaired) electrons. The van der Waals surface area contributed by atoms with Gasteiger partial charge >= 0.3 is 11.7 Å². The summed E-state index contributed by atoms with van der Waals surface area (Å²) in [6.07, 6.45) is 1.70. The molecule has 1 aliphatic rings. The second-order valence-corrected chi connectivity index (χ2v) is 8.68. The number of benzene rings is 1. The molecule has 2 aromatic heterocycles. The molecule has 1 fully saturated rings. The SMILES string of the molecule is COC(=O)Cn1c(=O)oc2cc(S(=O)(=O)N3CCN(c4ccccn4)CC3)ccc21. The summed E-state index contributed by atoms with van der Waals surface area (Å²) in [4.78, 5) is 29.9. The smallest absolute Gasteiger partial charge is 0.420 e. The van der Waals surface area contributed by atoms with E-state index in [1.54, 1.807) is 6.20 Å². The molecular formula is C19H20N4O6S. The predicted molar refractivity (Wildman–Crippen MR) is 108 cm³/mol. The standard InChI is InChI=1S/C19H20N4O6S/c1-28-18(24)13-23-15-6-5-14(12-16(15)29-19(23)25)30(26,27)22-10-8-21(9-11-22)17-4-2-3-7-20-17/h2-7,12H,8-11,13H2,1H3. The minimum Gasteiger partial charge on any atom is -0.468 e. The fraction of sp³-hybridized carbons (Fsp3) is 0.316. The Balaban J connectivity index is 1.56. The van der Waals surface area contributed by atoms with Crippen molar-refractivity contribution in [3.8, 4) is 0 Å². The van der Waals surface area contributed by atoms with Crippen LogP contribution in [0.2, 0.25) is 0 Å². The van der Waals surface area contributed by atoms with E-state index >= 15 is 0 Å². The van der Waals surface area contributed by atoms with Gasteiger partial charge in [-0.2, -0.15) is 4.31 Å². The van der Waals surface area contributed by atoms with Crippen LogP contribution in [0.3, 0.4) is 0 Å². The Labute approximate surface area is 172 Å². The van der Waals surface area contributed by atoms with E-state index in [9.17, 15) is 18.0 Å². The first-order chi connectivity index (χ1) is 14.4. The summed E-state index contributed by atoms with van der Waals surface area (Å²) in [5.74, 6) is -0.555. The molecule has 1 saturated heterocycles. The second-order valence-electron chi connectivity index (χ2n) is 6.74. The largest absolute Gasteiger partial charge is 0.468 e. The van der Waals surface area contributed by atoms with Crippen LogP contribution in [-0.4, -0.2) is 61.5 Å². The molecule has 158 valence electrons. The molecule has 1 aliphatic heterocycles. The highest BCUT2D eigenvalue weighted by Crippen LogP contribution is 2.23. The molecule has 1 aromatic carbocycles. The molecular weight excluding hydrogens is 412 g/mol. The van der Waals surface area contributed by atoms with Crippen LogP contribution >= 0.6 is 0 Å². The molecule has 10 nitrogen and oxygen atoms in total. The van der Waals surface area contributed by atoms with Crippen LogP contribution in [0, 0.1) is 0 Å². The molecule has 3 aromatic rings. The zero-order chi connectivity index (χ0) is 21.3. The monoisotopic (exact) mass is 432 g/mol. The maximum atomic E-state index is 13.1. The van der Waals surface area contributed by atoms with Crippen LogP contribution in [0.5, 0.6) is 0 Å². The molecule has 0 aliphatic carbocycles. The normalized spacial score (nSPS) is 15.4. The van der Waals surface area contributed by atoms with Gasteiger partial charge in [-0.15, -0.1) is 0 Å². The molecule has 30 heavy (non-hydrogen) atoms. The number of anilines is 1. The zero-order valence-electron chi connectivity index (χ0n) is 16.2. The van der Waals surface area contributed by atoms with Gasteiger partial charge in [0.2, 0.25) is 10.0 Å². The van der Waals surface area contributed by atoms with E-state index < -0.39 is 21.7 Å². The van der Waals surface area contributed by atoms with Crippen LogP contribution in [0.15, 0.2) is 56.7 Å². The van der Waals surface area contributed by atoms with Crippen molar-refractivity contribution in [3.63, 3.8) is 0 Å². The lowest BCUT2D eigenvalue weighted by molar-refractivity contribution is -0.141. The first-order valence-electron chi connectivity index (χ1n) is 9.26. The Hall–Kier alpha value is -3.18. The van der Waals surface area contributed by atoms with Gasteiger partial charge in [0.25, 0.3) is 0 Å². The Morgan fingerprint density at radius 2 is 1.93 bits per heavy atom. The maximum Gasteiger partial charge on any atom is 0.420 e. The van der Waals surface area contributed by atoms with Crippen molar-refractivity contribution < 1.29 is 22.4 Å². The Kier molecular flexibility index (Phi) is 5.31. The molecule has 0 amide bonds. The van der Waals surface area contributed by atoms with Crippen LogP contribution in [0.1, 0.15) is 0 Å². The van der Waals surface area contributed by atoms with Crippen LogP contribution in [0.4, 0.5) is 5.82 Å². The summed E-state index contributed by atoms with van der Waals surface area (Å²) in [5, 5.41) is 0. The molecule has 0 saturated carbocycles. The van der Waals surface area contributed by atoms with Gasteiger partial charge in [0.1, 0.15) is 12.4 Å². The lowest BCUT2D eigenvalue weighted by Gasteiger charge is -2.34. The van der Waals surface area contributed by atoms with E-state index in [0.29, 0.717) is 31.7 Å². The maximum absolute atomic E-state index is 13.1. The van der Waals surface area contributed by atoms with Crippen LogP contribution in [-0.2, 0) is 26.1 Å². The van der Waals surface area contributed by atoms with Gasteiger partial charge in [0.15, 0.2) is 5.58 Å². The van der Waals surface area contributed by atoms with Crippen molar-refractivity contribution in [1.82, 2.24) is 13.9 Å². The number of fused-ring (bicyclic) bond motifs is 1. The van der Waals surface area contributed by atoms with E-state index in [1.807, 2.05) is 23.1 Å². The number of ether oxygens (including phenoxy) is 1. The second kappa shape index (κ2) is 7.92. The number of esters is 1. The average Bonchev–Trinajstić information content (AvgIpc) is 3.08. The number of methoxy groups -OCH3 is 1. The number of hydrogen-bond acceptors (Lipinski definition) is 8. The van der Waals surface area contributed by atoms with Gasteiger partial charge in [0.05, 0.1) is 17.5 Å². The number of sulfonamides is 1. The van der Waals surface area contributed by atoms with E-state index in [-0.39, 0.29) is 17.0 Å². The van der Waals surface area contributed by atoms with Gasteiger partial charge < -0.3 is 14.1 Å². The lowest BCUT2D eigenvalue weighted by Crippen LogP contribution is -2.48. The van der Waals surface area contributed by atoms with E-state index in [4.69, 9.17) is 4.42 Å². The molecule has 0 spiro atoms. The highest BCUT2D eigenvalue weighted by molar-refractivity contribution is 7.89. The third-order valence-electron chi connectivity index (χ3n) is 5.00. The third kappa shape index (κ3) is 3.68. The number of hydrogen-bond donors (Lipinski definition) is 0. The van der Waals surface area contributed by atoms with Crippen molar-refractivity contribution in [3.05, 3.63) is 53.1 Å². The Morgan fingerprint density at radius 1 is 1.17 bits per heavy atom. The van der Waals surface area contributed by atoms with Gasteiger partial charge in [-0.25, -0.2) is 18.2 Å². The first kappa shape index (κ1) is 20.1. The van der Waals surface area contributed by atoms with Gasteiger partial charge in [-0.05, 0) is 24.3 Å². The molecule has 4 rings (SSSR count). The lowest BCUT2D eigenvalue weighted by atomic mass is 10.3. The number of carbonyl (C=O) groups excluding carboxylic acids is 1. The minimum atomic E-state index is -3.77. The van der Waals surface area contributed by atoms with Gasteiger partial charge in [-0.1, -0.05) is 6.07 Å². The highest BCUT2D eigenvalue weighted by atomic mass is 32.2. The Bertz CT molecular complexity index is 1230. The van der Waals surface area contributed by atoms with Crippen molar-refractivity contribution >= 4 is 32.9 Å². The molecule has 0 bridgehead atoms. The van der Waals surface area contributed by atoms with Crippen molar-refractivity contribution in [2.24, 2.45) is 0 Å². The highest BCUT2D eigenvalue weighted by Gasteiger charge is 2.29. The van der Waals surface area contributed by atoms with Gasteiger partial charge in [-0.3, -0.25) is 9.36 Å². The molecule has 0 unspecified atom stereocenters. The zero-order valence-corrected chi connectivity index (χ0v) is 17.0. The number of pyridine rings is 1. The van der Waals surface area contributed by atoms with Crippen molar-refractivity contribution in [2.75, 3.05) is 38.2 Å².